The number of halogens is 1. The zero-order valence-electron chi connectivity index (χ0n) is 9.40. The summed E-state index contributed by atoms with van der Waals surface area (Å²) in [6.45, 7) is 0.642. The maximum Gasteiger partial charge on any atom is 0.0409 e. The summed E-state index contributed by atoms with van der Waals surface area (Å²) in [6, 6.07) is 16.3. The van der Waals surface area contributed by atoms with E-state index < -0.39 is 0 Å². The second-order valence-electron chi connectivity index (χ2n) is 3.71. The van der Waals surface area contributed by atoms with Gasteiger partial charge in [0.25, 0.3) is 0 Å². The Balaban J connectivity index is 2.26. The van der Waals surface area contributed by atoms with Gasteiger partial charge in [0.05, 0.1) is 0 Å². The standard InChI is InChI=1S/C14H14ClNS/c15-12-6-7-14(11(10-12)8-9-16)17-13-4-2-1-3-5-13/h1-7,10H,8-9,16H2. The average Bonchev–Trinajstić information content (AvgIpc) is 2.34. The van der Waals surface area contributed by atoms with E-state index in [1.165, 1.54) is 15.4 Å². The van der Waals surface area contributed by atoms with Crippen molar-refractivity contribution in [1.29, 1.82) is 0 Å². The molecule has 0 aliphatic heterocycles. The third-order valence-electron chi connectivity index (χ3n) is 2.41. The van der Waals surface area contributed by atoms with Crippen LogP contribution in [0.3, 0.4) is 0 Å². The van der Waals surface area contributed by atoms with Crippen molar-refractivity contribution in [2.75, 3.05) is 6.54 Å². The molecule has 17 heavy (non-hydrogen) atoms. The minimum Gasteiger partial charge on any atom is -0.330 e. The minimum absolute atomic E-state index is 0.642. The number of rotatable bonds is 4. The Morgan fingerprint density at radius 1 is 1.06 bits per heavy atom. The molecule has 0 spiro atoms. The smallest absolute Gasteiger partial charge is 0.0409 e. The predicted molar refractivity (Wildman–Crippen MR) is 74.8 cm³/mol. The number of benzene rings is 2. The first-order valence-corrected chi connectivity index (χ1v) is 6.70. The molecule has 0 fully saturated rings. The van der Waals surface area contributed by atoms with Crippen molar-refractivity contribution in [3.8, 4) is 0 Å². The maximum absolute atomic E-state index is 6.01. The van der Waals surface area contributed by atoms with E-state index in [9.17, 15) is 0 Å². The first-order valence-electron chi connectivity index (χ1n) is 5.51. The molecule has 0 saturated heterocycles. The largest absolute Gasteiger partial charge is 0.330 e. The van der Waals surface area contributed by atoms with Gasteiger partial charge in [-0.3, -0.25) is 0 Å². The third kappa shape index (κ3) is 3.50. The molecule has 0 aliphatic carbocycles. The molecular formula is C14H14ClNS. The molecule has 0 unspecified atom stereocenters. The number of nitrogens with two attached hydrogens (primary N) is 1. The van der Waals surface area contributed by atoms with Crippen molar-refractivity contribution in [3.05, 3.63) is 59.1 Å². The molecule has 2 N–H and O–H groups in total. The van der Waals surface area contributed by atoms with Crippen LogP contribution in [0.1, 0.15) is 5.56 Å². The molecule has 0 bridgehead atoms. The number of hydrogen-bond acceptors (Lipinski definition) is 2. The molecule has 0 atom stereocenters. The Morgan fingerprint density at radius 3 is 2.53 bits per heavy atom. The summed E-state index contributed by atoms with van der Waals surface area (Å²) in [5.41, 5.74) is 6.84. The van der Waals surface area contributed by atoms with Gasteiger partial charge in [-0.2, -0.15) is 0 Å². The van der Waals surface area contributed by atoms with Crippen LogP contribution in [-0.2, 0) is 6.42 Å². The highest BCUT2D eigenvalue weighted by molar-refractivity contribution is 7.99. The van der Waals surface area contributed by atoms with Crippen LogP contribution in [0, 0.1) is 0 Å². The lowest BCUT2D eigenvalue weighted by Gasteiger charge is -2.08. The van der Waals surface area contributed by atoms with Crippen molar-refractivity contribution in [3.63, 3.8) is 0 Å². The third-order valence-corrected chi connectivity index (χ3v) is 3.77. The molecule has 0 radical (unpaired) electrons. The van der Waals surface area contributed by atoms with Crippen molar-refractivity contribution >= 4 is 23.4 Å². The second kappa shape index (κ2) is 6.10. The predicted octanol–water partition coefficient (Wildman–Crippen LogP) is 3.99. The zero-order valence-corrected chi connectivity index (χ0v) is 11.0. The molecular weight excluding hydrogens is 250 g/mol. The lowest BCUT2D eigenvalue weighted by atomic mass is 10.1. The van der Waals surface area contributed by atoms with E-state index in [2.05, 4.69) is 18.2 Å². The van der Waals surface area contributed by atoms with Crippen LogP contribution >= 0.6 is 23.4 Å². The van der Waals surface area contributed by atoms with Crippen molar-refractivity contribution < 1.29 is 0 Å². The fourth-order valence-corrected chi connectivity index (χ4v) is 2.78. The lowest BCUT2D eigenvalue weighted by Crippen LogP contribution is -2.03. The van der Waals surface area contributed by atoms with Crippen LogP contribution in [0.25, 0.3) is 0 Å². The van der Waals surface area contributed by atoms with Crippen LogP contribution in [0.2, 0.25) is 5.02 Å². The van der Waals surface area contributed by atoms with Crippen LogP contribution < -0.4 is 5.73 Å². The Labute approximate surface area is 111 Å². The van der Waals surface area contributed by atoms with Crippen molar-refractivity contribution in [2.24, 2.45) is 5.73 Å². The van der Waals surface area contributed by atoms with Gasteiger partial charge in [0.15, 0.2) is 0 Å². The molecule has 0 amide bonds. The summed E-state index contributed by atoms with van der Waals surface area (Å²) in [7, 11) is 0. The van der Waals surface area contributed by atoms with Crippen molar-refractivity contribution in [2.45, 2.75) is 16.2 Å². The van der Waals surface area contributed by atoms with Crippen molar-refractivity contribution in [1.82, 2.24) is 0 Å². The fraction of sp³-hybridized carbons (Fsp3) is 0.143. The molecule has 3 heteroatoms. The zero-order chi connectivity index (χ0) is 12.1. The Hall–Kier alpha value is -0.960. The van der Waals surface area contributed by atoms with Gasteiger partial charge in [0.2, 0.25) is 0 Å². The SMILES string of the molecule is NCCc1cc(Cl)ccc1Sc1ccccc1. The van der Waals surface area contributed by atoms with Gasteiger partial charge in [-0.1, -0.05) is 41.6 Å². The summed E-state index contributed by atoms with van der Waals surface area (Å²) in [5.74, 6) is 0. The highest BCUT2D eigenvalue weighted by Gasteiger charge is 2.04. The Morgan fingerprint density at radius 2 is 1.82 bits per heavy atom. The molecule has 2 rings (SSSR count). The summed E-state index contributed by atoms with van der Waals surface area (Å²) < 4.78 is 0. The minimum atomic E-state index is 0.642. The van der Waals surface area contributed by atoms with Gasteiger partial charge in [0, 0.05) is 14.8 Å². The van der Waals surface area contributed by atoms with E-state index in [4.69, 9.17) is 17.3 Å². The fourth-order valence-electron chi connectivity index (χ4n) is 1.61. The molecule has 88 valence electrons. The first-order chi connectivity index (χ1) is 8.29. The van der Waals surface area contributed by atoms with E-state index >= 15 is 0 Å². The monoisotopic (exact) mass is 263 g/mol. The molecule has 0 saturated carbocycles. The van der Waals surface area contributed by atoms with Crippen LogP contribution in [0.5, 0.6) is 0 Å². The highest BCUT2D eigenvalue weighted by Crippen LogP contribution is 2.31. The molecule has 1 nitrogen and oxygen atoms in total. The molecule has 0 aromatic heterocycles. The van der Waals surface area contributed by atoms with E-state index in [0.29, 0.717) is 6.54 Å². The molecule has 0 heterocycles. The Bertz CT molecular complexity index is 485. The molecule has 0 aliphatic rings. The van der Waals surface area contributed by atoms with Crippen LogP contribution in [0.15, 0.2) is 58.3 Å². The van der Waals surface area contributed by atoms with Gasteiger partial charge in [0.1, 0.15) is 0 Å². The summed E-state index contributed by atoms with van der Waals surface area (Å²) >= 11 is 7.75. The summed E-state index contributed by atoms with van der Waals surface area (Å²) in [5, 5.41) is 0.769. The van der Waals surface area contributed by atoms with Gasteiger partial charge in [-0.25, -0.2) is 0 Å². The van der Waals surface area contributed by atoms with E-state index in [0.717, 1.165) is 11.4 Å². The topological polar surface area (TPSA) is 26.0 Å². The van der Waals surface area contributed by atoms with Gasteiger partial charge in [-0.15, -0.1) is 0 Å². The molecule has 2 aromatic rings. The van der Waals surface area contributed by atoms with E-state index in [-0.39, 0.29) is 0 Å². The lowest BCUT2D eigenvalue weighted by molar-refractivity contribution is 0.944. The van der Waals surface area contributed by atoms with E-state index in [1.807, 2.05) is 30.3 Å². The first kappa shape index (κ1) is 12.5. The summed E-state index contributed by atoms with van der Waals surface area (Å²) in [6.07, 6.45) is 0.857. The maximum atomic E-state index is 6.01. The van der Waals surface area contributed by atoms with Gasteiger partial charge >= 0.3 is 0 Å². The molecule has 2 aromatic carbocycles. The number of hydrogen-bond donors (Lipinski definition) is 1. The average molecular weight is 264 g/mol. The summed E-state index contributed by atoms with van der Waals surface area (Å²) in [4.78, 5) is 2.46. The van der Waals surface area contributed by atoms with E-state index in [1.54, 1.807) is 11.8 Å². The Kier molecular flexibility index (Phi) is 4.49. The van der Waals surface area contributed by atoms with Crippen LogP contribution in [-0.4, -0.2) is 6.54 Å². The van der Waals surface area contributed by atoms with Gasteiger partial charge in [-0.05, 0) is 48.9 Å². The van der Waals surface area contributed by atoms with Crippen LogP contribution in [0.4, 0.5) is 0 Å². The second-order valence-corrected chi connectivity index (χ2v) is 5.26. The highest BCUT2D eigenvalue weighted by atomic mass is 35.5. The van der Waals surface area contributed by atoms with Gasteiger partial charge < -0.3 is 5.73 Å². The quantitative estimate of drug-likeness (QED) is 0.903. The normalized spacial score (nSPS) is 10.5.